The smallest absolute Gasteiger partial charge is 0.235 e. The van der Waals surface area contributed by atoms with E-state index in [2.05, 4.69) is 11.9 Å². The van der Waals surface area contributed by atoms with Crippen LogP contribution < -0.4 is 5.32 Å². The first kappa shape index (κ1) is 16.4. The van der Waals surface area contributed by atoms with Crippen molar-refractivity contribution in [3.05, 3.63) is 48.0 Å². The maximum absolute atomic E-state index is 11.8. The minimum Gasteiger partial charge on any atom is -0.351 e. The summed E-state index contributed by atoms with van der Waals surface area (Å²) in [6.07, 6.45) is 2.53. The third-order valence-corrected chi connectivity index (χ3v) is 4.08. The monoisotopic (exact) mass is 296 g/mol. The van der Waals surface area contributed by atoms with Gasteiger partial charge in [-0.1, -0.05) is 30.3 Å². The van der Waals surface area contributed by atoms with Crippen LogP contribution in [0.3, 0.4) is 0 Å². The molecule has 0 aliphatic carbocycles. The summed E-state index contributed by atoms with van der Waals surface area (Å²) in [5.41, 5.74) is 2.09. The first-order chi connectivity index (χ1) is 9.34. The van der Waals surface area contributed by atoms with E-state index in [1.54, 1.807) is 0 Å². The second-order valence-electron chi connectivity index (χ2n) is 4.55. The largest absolute Gasteiger partial charge is 0.351 e. The number of carbonyl (C=O) groups excluding carboxylic acids is 1. The van der Waals surface area contributed by atoms with Crippen LogP contribution >= 0.6 is 0 Å². The second kappa shape index (κ2) is 7.21. The standard InChI is InChI=1S/C14H20N2O3S/c1-4-9-16(20(3,18)19)11-14(17)15-10-13-8-6-5-7-12(13)2/h4-8H,1,9-11H2,2-3H3,(H,15,17). The number of nitrogens with zero attached hydrogens (tertiary/aromatic N) is 1. The van der Waals surface area contributed by atoms with Crippen LogP contribution in [0.25, 0.3) is 0 Å². The summed E-state index contributed by atoms with van der Waals surface area (Å²) >= 11 is 0. The van der Waals surface area contributed by atoms with Crippen LogP contribution in [0.15, 0.2) is 36.9 Å². The number of rotatable bonds is 7. The van der Waals surface area contributed by atoms with Crippen LogP contribution in [0, 0.1) is 6.92 Å². The van der Waals surface area contributed by atoms with E-state index in [0.717, 1.165) is 21.7 Å². The van der Waals surface area contributed by atoms with Gasteiger partial charge in [0.2, 0.25) is 15.9 Å². The van der Waals surface area contributed by atoms with Crippen molar-refractivity contribution in [2.24, 2.45) is 0 Å². The number of sulfonamides is 1. The number of aryl methyl sites for hydroxylation is 1. The summed E-state index contributed by atoms with van der Waals surface area (Å²) in [5.74, 6) is -0.333. The van der Waals surface area contributed by atoms with Gasteiger partial charge in [-0.15, -0.1) is 6.58 Å². The Hall–Kier alpha value is -1.66. The fraction of sp³-hybridized carbons (Fsp3) is 0.357. The molecule has 6 heteroatoms. The van der Waals surface area contributed by atoms with Crippen molar-refractivity contribution < 1.29 is 13.2 Å². The normalized spacial score (nSPS) is 11.3. The Morgan fingerprint density at radius 2 is 2.05 bits per heavy atom. The first-order valence-electron chi connectivity index (χ1n) is 6.22. The fourth-order valence-corrected chi connectivity index (χ4v) is 2.41. The molecule has 0 radical (unpaired) electrons. The number of carbonyl (C=O) groups is 1. The predicted molar refractivity (Wildman–Crippen MR) is 79.6 cm³/mol. The number of benzene rings is 1. The van der Waals surface area contributed by atoms with Crippen LogP contribution in [0.4, 0.5) is 0 Å². The molecule has 0 aliphatic rings. The van der Waals surface area contributed by atoms with Crippen LogP contribution in [0.2, 0.25) is 0 Å². The summed E-state index contributed by atoms with van der Waals surface area (Å²) < 4.78 is 24.0. The molecule has 0 atom stereocenters. The zero-order valence-corrected chi connectivity index (χ0v) is 12.6. The Labute approximate surface area is 120 Å². The van der Waals surface area contributed by atoms with E-state index in [-0.39, 0.29) is 19.0 Å². The van der Waals surface area contributed by atoms with Crippen molar-refractivity contribution in [1.29, 1.82) is 0 Å². The lowest BCUT2D eigenvalue weighted by Gasteiger charge is -2.17. The second-order valence-corrected chi connectivity index (χ2v) is 6.53. The highest BCUT2D eigenvalue weighted by Gasteiger charge is 2.18. The highest BCUT2D eigenvalue weighted by Crippen LogP contribution is 2.06. The number of nitrogens with one attached hydrogen (secondary N) is 1. The molecule has 1 aromatic rings. The predicted octanol–water partition coefficient (Wildman–Crippen LogP) is 1.06. The van der Waals surface area contributed by atoms with Crippen LogP contribution in [0.1, 0.15) is 11.1 Å². The molecule has 20 heavy (non-hydrogen) atoms. The van der Waals surface area contributed by atoms with Gasteiger partial charge in [0.15, 0.2) is 0 Å². The minimum absolute atomic E-state index is 0.122. The van der Waals surface area contributed by atoms with Crippen LogP contribution in [-0.2, 0) is 21.4 Å². The van der Waals surface area contributed by atoms with Crippen LogP contribution in [0.5, 0.6) is 0 Å². The lowest BCUT2D eigenvalue weighted by molar-refractivity contribution is -0.121. The summed E-state index contributed by atoms with van der Waals surface area (Å²) in [5, 5.41) is 2.72. The van der Waals surface area contributed by atoms with Gasteiger partial charge in [0.25, 0.3) is 0 Å². The molecule has 0 heterocycles. The quantitative estimate of drug-likeness (QED) is 0.765. The Balaban J connectivity index is 2.59. The summed E-state index contributed by atoms with van der Waals surface area (Å²) in [7, 11) is -3.41. The molecule has 0 aromatic heterocycles. The van der Waals surface area contributed by atoms with Crippen molar-refractivity contribution in [2.75, 3.05) is 19.3 Å². The van der Waals surface area contributed by atoms with E-state index in [0.29, 0.717) is 6.54 Å². The van der Waals surface area contributed by atoms with Crippen molar-refractivity contribution in [2.45, 2.75) is 13.5 Å². The molecule has 0 saturated carbocycles. The molecular formula is C14H20N2O3S. The SMILES string of the molecule is C=CCN(CC(=O)NCc1ccccc1C)S(C)(=O)=O. The molecular weight excluding hydrogens is 276 g/mol. The summed E-state index contributed by atoms with van der Waals surface area (Å²) in [6, 6.07) is 7.71. The molecule has 1 N–H and O–H groups in total. The number of hydrogen-bond acceptors (Lipinski definition) is 3. The van der Waals surface area contributed by atoms with Gasteiger partial charge in [-0.2, -0.15) is 4.31 Å². The average Bonchev–Trinajstić information content (AvgIpc) is 2.36. The lowest BCUT2D eigenvalue weighted by Crippen LogP contribution is -2.40. The number of amides is 1. The van der Waals surface area contributed by atoms with Gasteiger partial charge in [-0.3, -0.25) is 4.79 Å². The molecule has 1 aromatic carbocycles. The molecule has 5 nitrogen and oxygen atoms in total. The van der Waals surface area contributed by atoms with Crippen molar-refractivity contribution in [3.63, 3.8) is 0 Å². The maximum atomic E-state index is 11.8. The molecule has 1 amide bonds. The van der Waals surface area contributed by atoms with Gasteiger partial charge >= 0.3 is 0 Å². The Kier molecular flexibility index (Phi) is 5.91. The van der Waals surface area contributed by atoms with Crippen molar-refractivity contribution in [3.8, 4) is 0 Å². The molecule has 0 aliphatic heterocycles. The first-order valence-corrected chi connectivity index (χ1v) is 8.06. The van der Waals surface area contributed by atoms with Gasteiger partial charge < -0.3 is 5.32 Å². The highest BCUT2D eigenvalue weighted by molar-refractivity contribution is 7.88. The molecule has 0 saturated heterocycles. The zero-order valence-electron chi connectivity index (χ0n) is 11.8. The molecule has 0 bridgehead atoms. The van der Waals surface area contributed by atoms with Crippen LogP contribution in [-0.4, -0.2) is 38.0 Å². The molecule has 0 unspecified atom stereocenters. The molecule has 0 fully saturated rings. The van der Waals surface area contributed by atoms with E-state index >= 15 is 0 Å². The molecule has 110 valence electrons. The van der Waals surface area contributed by atoms with Gasteiger partial charge in [0, 0.05) is 13.1 Å². The number of hydrogen-bond donors (Lipinski definition) is 1. The average molecular weight is 296 g/mol. The minimum atomic E-state index is -3.41. The maximum Gasteiger partial charge on any atom is 0.235 e. The van der Waals surface area contributed by atoms with Gasteiger partial charge in [-0.25, -0.2) is 8.42 Å². The third kappa shape index (κ3) is 5.14. The lowest BCUT2D eigenvalue weighted by atomic mass is 10.1. The van der Waals surface area contributed by atoms with E-state index in [4.69, 9.17) is 0 Å². The Morgan fingerprint density at radius 3 is 2.60 bits per heavy atom. The van der Waals surface area contributed by atoms with Crippen molar-refractivity contribution in [1.82, 2.24) is 9.62 Å². The van der Waals surface area contributed by atoms with E-state index in [1.807, 2.05) is 31.2 Å². The van der Waals surface area contributed by atoms with Gasteiger partial charge in [-0.05, 0) is 18.1 Å². The molecule has 0 spiro atoms. The molecule has 1 rings (SSSR count). The fourth-order valence-electron chi connectivity index (χ4n) is 1.68. The zero-order chi connectivity index (χ0) is 15.2. The highest BCUT2D eigenvalue weighted by atomic mass is 32.2. The topological polar surface area (TPSA) is 66.5 Å². The van der Waals surface area contributed by atoms with Gasteiger partial charge in [0.05, 0.1) is 12.8 Å². The van der Waals surface area contributed by atoms with E-state index < -0.39 is 10.0 Å². The Morgan fingerprint density at radius 1 is 1.40 bits per heavy atom. The summed E-state index contributed by atoms with van der Waals surface area (Å²) in [4.78, 5) is 11.8. The third-order valence-electron chi connectivity index (χ3n) is 2.86. The van der Waals surface area contributed by atoms with Crippen molar-refractivity contribution >= 4 is 15.9 Å². The summed E-state index contributed by atoms with van der Waals surface area (Å²) in [6.45, 7) is 5.76. The van der Waals surface area contributed by atoms with E-state index in [1.165, 1.54) is 6.08 Å². The Bertz CT molecular complexity index is 582. The van der Waals surface area contributed by atoms with E-state index in [9.17, 15) is 13.2 Å². The van der Waals surface area contributed by atoms with Gasteiger partial charge in [0.1, 0.15) is 0 Å².